The summed E-state index contributed by atoms with van der Waals surface area (Å²) in [5.41, 5.74) is 0.874. The number of phenols is 1. The summed E-state index contributed by atoms with van der Waals surface area (Å²) >= 11 is 3.47. The molecule has 22 heavy (non-hydrogen) atoms. The van der Waals surface area contributed by atoms with E-state index in [9.17, 15) is 5.11 Å². The summed E-state index contributed by atoms with van der Waals surface area (Å²) in [7, 11) is 1.57. The maximum Gasteiger partial charge on any atom is 0.166 e. The van der Waals surface area contributed by atoms with Gasteiger partial charge in [0.15, 0.2) is 11.5 Å². The molecule has 0 radical (unpaired) electrons. The fourth-order valence-corrected chi connectivity index (χ4v) is 5.73. The van der Waals surface area contributed by atoms with Crippen LogP contribution in [0.15, 0.2) is 21.6 Å². The fraction of sp³-hybridized carbons (Fsp3) is 0.611. The van der Waals surface area contributed by atoms with E-state index in [-0.39, 0.29) is 11.3 Å². The Hall–Kier alpha value is -1.03. The molecule has 1 aromatic carbocycles. The molecule has 4 fully saturated rings. The number of methoxy groups -OCH3 is 1. The molecule has 118 valence electrons. The minimum absolute atomic E-state index is 0.136. The van der Waals surface area contributed by atoms with Crippen molar-refractivity contribution >= 4 is 22.1 Å². The standard InChI is InChI=1S/C18H22BrNO2/c1-22-16-6-15(19)5-14(17(16)21)10-20-18-7-11-2-12(8-18)4-13(3-11)9-18/h5-6,10-13,21H,2-4,7-9H2,1H3. The first-order chi connectivity index (χ1) is 10.6. The van der Waals surface area contributed by atoms with Crippen molar-refractivity contribution in [3.63, 3.8) is 0 Å². The molecule has 4 heteroatoms. The molecule has 5 rings (SSSR count). The van der Waals surface area contributed by atoms with Gasteiger partial charge in [0, 0.05) is 16.3 Å². The predicted molar refractivity (Wildman–Crippen MR) is 90.9 cm³/mol. The molecule has 1 N–H and O–H groups in total. The highest BCUT2D eigenvalue weighted by Gasteiger charge is 2.50. The van der Waals surface area contributed by atoms with Crippen LogP contribution in [0.4, 0.5) is 0 Å². The van der Waals surface area contributed by atoms with E-state index < -0.39 is 0 Å². The Balaban J connectivity index is 1.63. The van der Waals surface area contributed by atoms with Crippen LogP contribution in [0.5, 0.6) is 11.5 Å². The largest absolute Gasteiger partial charge is 0.504 e. The lowest BCUT2D eigenvalue weighted by molar-refractivity contribution is 0.00194. The fourth-order valence-electron chi connectivity index (χ4n) is 5.28. The van der Waals surface area contributed by atoms with Crippen LogP contribution in [-0.2, 0) is 0 Å². The first kappa shape index (κ1) is 14.6. The summed E-state index contributed by atoms with van der Waals surface area (Å²) < 4.78 is 6.12. The monoisotopic (exact) mass is 363 g/mol. The third kappa shape index (κ3) is 2.45. The number of hydrogen-bond acceptors (Lipinski definition) is 3. The van der Waals surface area contributed by atoms with Crippen molar-refractivity contribution in [3.05, 3.63) is 22.2 Å². The Bertz CT molecular complexity index is 590. The van der Waals surface area contributed by atoms with Gasteiger partial charge in [-0.2, -0.15) is 0 Å². The lowest BCUT2D eigenvalue weighted by Crippen LogP contribution is -2.49. The zero-order valence-corrected chi connectivity index (χ0v) is 14.5. The molecule has 4 aliphatic rings. The van der Waals surface area contributed by atoms with Crippen LogP contribution in [0.2, 0.25) is 0 Å². The number of rotatable bonds is 3. The van der Waals surface area contributed by atoms with E-state index in [0.717, 1.165) is 27.8 Å². The lowest BCUT2D eigenvalue weighted by Gasteiger charge is -2.54. The minimum Gasteiger partial charge on any atom is -0.504 e. The lowest BCUT2D eigenvalue weighted by atomic mass is 9.53. The molecule has 4 aliphatic carbocycles. The Morgan fingerprint density at radius 2 is 1.77 bits per heavy atom. The van der Waals surface area contributed by atoms with Gasteiger partial charge in [-0.15, -0.1) is 0 Å². The average Bonchev–Trinajstić information content (AvgIpc) is 2.46. The zero-order chi connectivity index (χ0) is 15.3. The second-order valence-corrected chi connectivity index (χ2v) is 8.36. The van der Waals surface area contributed by atoms with Gasteiger partial charge in [0.25, 0.3) is 0 Å². The summed E-state index contributed by atoms with van der Waals surface area (Å²) in [6.45, 7) is 0. The van der Waals surface area contributed by atoms with Gasteiger partial charge in [-0.1, -0.05) is 15.9 Å². The average molecular weight is 364 g/mol. The predicted octanol–water partition coefficient (Wildman–Crippen LogP) is 4.55. The van der Waals surface area contributed by atoms with Crippen LogP contribution in [0.1, 0.15) is 44.1 Å². The van der Waals surface area contributed by atoms with Gasteiger partial charge in [0.05, 0.1) is 12.6 Å². The van der Waals surface area contributed by atoms with Crippen molar-refractivity contribution in [2.45, 2.75) is 44.1 Å². The molecule has 0 heterocycles. The number of benzene rings is 1. The van der Waals surface area contributed by atoms with E-state index in [1.54, 1.807) is 13.2 Å². The summed E-state index contributed by atoms with van der Waals surface area (Å²) in [4.78, 5) is 5.00. The van der Waals surface area contributed by atoms with Crippen LogP contribution in [0, 0.1) is 17.8 Å². The van der Waals surface area contributed by atoms with Crippen molar-refractivity contribution in [2.75, 3.05) is 7.11 Å². The van der Waals surface area contributed by atoms with Gasteiger partial charge >= 0.3 is 0 Å². The first-order valence-electron chi connectivity index (χ1n) is 8.19. The molecule has 0 amide bonds. The highest BCUT2D eigenvalue weighted by atomic mass is 79.9. The molecule has 0 atom stereocenters. The number of nitrogens with zero attached hydrogens (tertiary/aromatic N) is 1. The van der Waals surface area contributed by atoms with Gasteiger partial charge in [-0.05, 0) is 68.4 Å². The maximum atomic E-state index is 10.3. The SMILES string of the molecule is COc1cc(Br)cc(C=NC23CC4CC(CC(C4)C2)C3)c1O. The van der Waals surface area contributed by atoms with Crippen LogP contribution >= 0.6 is 15.9 Å². The van der Waals surface area contributed by atoms with Crippen molar-refractivity contribution in [3.8, 4) is 11.5 Å². The van der Waals surface area contributed by atoms with Gasteiger partial charge in [-0.25, -0.2) is 0 Å². The van der Waals surface area contributed by atoms with Crippen LogP contribution in [-0.4, -0.2) is 24.0 Å². The quantitative estimate of drug-likeness (QED) is 0.800. The van der Waals surface area contributed by atoms with E-state index in [4.69, 9.17) is 9.73 Å². The third-order valence-electron chi connectivity index (χ3n) is 5.77. The number of halogens is 1. The van der Waals surface area contributed by atoms with Crippen LogP contribution < -0.4 is 4.74 Å². The van der Waals surface area contributed by atoms with Gasteiger partial charge in [0.1, 0.15) is 0 Å². The molecule has 0 aliphatic heterocycles. The van der Waals surface area contributed by atoms with E-state index in [2.05, 4.69) is 15.9 Å². The van der Waals surface area contributed by atoms with E-state index in [1.807, 2.05) is 12.3 Å². The normalized spacial score (nSPS) is 36.2. The number of hydrogen-bond donors (Lipinski definition) is 1. The Morgan fingerprint density at radius 1 is 1.18 bits per heavy atom. The van der Waals surface area contributed by atoms with Gasteiger partial charge < -0.3 is 9.84 Å². The number of phenolic OH excluding ortho intramolecular Hbond substituents is 1. The summed E-state index contributed by atoms with van der Waals surface area (Å²) in [5.74, 6) is 3.32. The highest BCUT2D eigenvalue weighted by Crippen LogP contribution is 2.57. The minimum atomic E-state index is 0.136. The van der Waals surface area contributed by atoms with Gasteiger partial charge in [-0.3, -0.25) is 4.99 Å². The van der Waals surface area contributed by atoms with E-state index in [1.165, 1.54) is 38.5 Å². The molecule has 4 saturated carbocycles. The highest BCUT2D eigenvalue weighted by molar-refractivity contribution is 9.10. The Kier molecular flexibility index (Phi) is 3.48. The Morgan fingerprint density at radius 3 is 2.32 bits per heavy atom. The van der Waals surface area contributed by atoms with E-state index >= 15 is 0 Å². The molecule has 3 nitrogen and oxygen atoms in total. The summed E-state index contributed by atoms with van der Waals surface area (Å²) in [5, 5.41) is 10.3. The number of aliphatic imine (C=N–C) groups is 1. The number of aromatic hydroxyl groups is 1. The smallest absolute Gasteiger partial charge is 0.166 e. The molecule has 4 bridgehead atoms. The zero-order valence-electron chi connectivity index (χ0n) is 12.9. The molecule has 1 aromatic rings. The molecular weight excluding hydrogens is 342 g/mol. The van der Waals surface area contributed by atoms with Crippen LogP contribution in [0.25, 0.3) is 0 Å². The van der Waals surface area contributed by atoms with E-state index in [0.29, 0.717) is 5.75 Å². The topological polar surface area (TPSA) is 41.8 Å². The number of ether oxygens (including phenoxy) is 1. The molecule has 0 saturated heterocycles. The van der Waals surface area contributed by atoms with Crippen molar-refractivity contribution in [2.24, 2.45) is 22.7 Å². The molecular formula is C18H22BrNO2. The maximum absolute atomic E-state index is 10.3. The van der Waals surface area contributed by atoms with Crippen molar-refractivity contribution < 1.29 is 9.84 Å². The van der Waals surface area contributed by atoms with Crippen molar-refractivity contribution in [1.29, 1.82) is 0 Å². The third-order valence-corrected chi connectivity index (χ3v) is 6.23. The Labute approximate surface area is 139 Å². The second kappa shape index (κ2) is 5.26. The summed E-state index contributed by atoms with van der Waals surface area (Å²) in [6.07, 6.45) is 9.85. The van der Waals surface area contributed by atoms with Gasteiger partial charge in [0.2, 0.25) is 0 Å². The van der Waals surface area contributed by atoms with Crippen molar-refractivity contribution in [1.82, 2.24) is 0 Å². The molecule has 0 aromatic heterocycles. The molecule has 0 unspecified atom stereocenters. The first-order valence-corrected chi connectivity index (χ1v) is 8.98. The second-order valence-electron chi connectivity index (χ2n) is 7.45. The van der Waals surface area contributed by atoms with Crippen LogP contribution in [0.3, 0.4) is 0 Å². The molecule has 0 spiro atoms. The summed E-state index contributed by atoms with van der Waals surface area (Å²) in [6, 6.07) is 3.68.